The van der Waals surface area contributed by atoms with Gasteiger partial charge in [-0.25, -0.2) is 0 Å². The summed E-state index contributed by atoms with van der Waals surface area (Å²) < 4.78 is 5.06. The van der Waals surface area contributed by atoms with Crippen LogP contribution in [0.5, 0.6) is 5.75 Å². The standard InChI is InChI=1S/C14H19NO4/c1-10(11-6-8-12(19-2)9-7-11)15-13(16)4-3-5-14(17)18/h6-10H,3-5H2,1-2H3,(H,15,16)(H,17,18)/t10-/m1/s1. The lowest BCUT2D eigenvalue weighted by molar-refractivity contribution is -0.137. The van der Waals surface area contributed by atoms with Crippen LogP contribution in [-0.4, -0.2) is 24.1 Å². The third-order valence-corrected chi connectivity index (χ3v) is 2.79. The highest BCUT2D eigenvalue weighted by molar-refractivity contribution is 5.77. The highest BCUT2D eigenvalue weighted by Crippen LogP contribution is 2.17. The number of aliphatic carboxylic acids is 1. The number of rotatable bonds is 7. The van der Waals surface area contributed by atoms with Crippen LogP contribution in [0, 0.1) is 0 Å². The second-order valence-corrected chi connectivity index (χ2v) is 4.31. The molecule has 0 spiro atoms. The molecule has 0 radical (unpaired) electrons. The third kappa shape index (κ3) is 5.42. The Labute approximate surface area is 112 Å². The monoisotopic (exact) mass is 265 g/mol. The van der Waals surface area contributed by atoms with Gasteiger partial charge in [-0.1, -0.05) is 12.1 Å². The van der Waals surface area contributed by atoms with Gasteiger partial charge < -0.3 is 15.2 Å². The van der Waals surface area contributed by atoms with Gasteiger partial charge in [0.2, 0.25) is 5.91 Å². The molecule has 1 atom stereocenters. The van der Waals surface area contributed by atoms with Gasteiger partial charge in [-0.3, -0.25) is 9.59 Å². The van der Waals surface area contributed by atoms with E-state index in [2.05, 4.69) is 5.32 Å². The Balaban J connectivity index is 2.42. The Bertz CT molecular complexity index is 428. The maximum Gasteiger partial charge on any atom is 0.303 e. The first kappa shape index (κ1) is 15.0. The molecule has 19 heavy (non-hydrogen) atoms. The third-order valence-electron chi connectivity index (χ3n) is 2.79. The molecule has 0 aromatic heterocycles. The van der Waals surface area contributed by atoms with Crippen LogP contribution in [0.3, 0.4) is 0 Å². The molecule has 0 aliphatic heterocycles. The zero-order valence-corrected chi connectivity index (χ0v) is 11.2. The maximum atomic E-state index is 11.6. The van der Waals surface area contributed by atoms with Crippen LogP contribution in [0.2, 0.25) is 0 Å². The molecular formula is C14H19NO4. The highest BCUT2D eigenvalue weighted by Gasteiger charge is 2.10. The fourth-order valence-electron chi connectivity index (χ4n) is 1.69. The van der Waals surface area contributed by atoms with Crippen molar-refractivity contribution in [3.63, 3.8) is 0 Å². The number of carboxylic acid groups (broad SMARTS) is 1. The second kappa shape index (κ2) is 7.41. The fraction of sp³-hybridized carbons (Fsp3) is 0.429. The van der Waals surface area contributed by atoms with Crippen LogP contribution in [-0.2, 0) is 9.59 Å². The van der Waals surface area contributed by atoms with E-state index in [1.54, 1.807) is 7.11 Å². The number of carboxylic acids is 1. The molecular weight excluding hydrogens is 246 g/mol. The summed E-state index contributed by atoms with van der Waals surface area (Å²) >= 11 is 0. The first-order valence-electron chi connectivity index (χ1n) is 6.18. The molecule has 0 aliphatic carbocycles. The largest absolute Gasteiger partial charge is 0.497 e. The molecule has 0 saturated heterocycles. The summed E-state index contributed by atoms with van der Waals surface area (Å²) in [6.07, 6.45) is 0.605. The number of methoxy groups -OCH3 is 1. The molecule has 0 unspecified atom stereocenters. The maximum absolute atomic E-state index is 11.6. The molecule has 0 aliphatic rings. The summed E-state index contributed by atoms with van der Waals surface area (Å²) in [4.78, 5) is 21.9. The Morgan fingerprint density at radius 2 is 1.89 bits per heavy atom. The van der Waals surface area contributed by atoms with Crippen molar-refractivity contribution in [1.29, 1.82) is 0 Å². The Kier molecular flexibility index (Phi) is 5.85. The van der Waals surface area contributed by atoms with E-state index in [4.69, 9.17) is 9.84 Å². The van der Waals surface area contributed by atoms with Gasteiger partial charge in [0.15, 0.2) is 0 Å². The first-order chi connectivity index (χ1) is 9.02. The van der Waals surface area contributed by atoms with Crippen molar-refractivity contribution in [1.82, 2.24) is 5.32 Å². The molecule has 2 N–H and O–H groups in total. The predicted molar refractivity (Wildman–Crippen MR) is 71.0 cm³/mol. The van der Waals surface area contributed by atoms with Crippen molar-refractivity contribution < 1.29 is 19.4 Å². The van der Waals surface area contributed by atoms with Gasteiger partial charge in [0.1, 0.15) is 5.75 Å². The van der Waals surface area contributed by atoms with Gasteiger partial charge in [-0.15, -0.1) is 0 Å². The van der Waals surface area contributed by atoms with Crippen molar-refractivity contribution in [3.05, 3.63) is 29.8 Å². The molecule has 5 heteroatoms. The molecule has 1 rings (SSSR count). The van der Waals surface area contributed by atoms with Gasteiger partial charge in [0.05, 0.1) is 13.2 Å². The van der Waals surface area contributed by atoms with E-state index in [9.17, 15) is 9.59 Å². The minimum atomic E-state index is -0.879. The van der Waals surface area contributed by atoms with E-state index in [0.717, 1.165) is 11.3 Å². The van der Waals surface area contributed by atoms with E-state index in [0.29, 0.717) is 6.42 Å². The summed E-state index contributed by atoms with van der Waals surface area (Å²) in [5.41, 5.74) is 0.979. The van der Waals surface area contributed by atoms with E-state index < -0.39 is 5.97 Å². The molecule has 1 aromatic rings. The molecule has 0 heterocycles. The van der Waals surface area contributed by atoms with Crippen LogP contribution in [0.25, 0.3) is 0 Å². The summed E-state index contributed by atoms with van der Waals surface area (Å²) in [5, 5.41) is 11.3. The Hall–Kier alpha value is -2.04. The predicted octanol–water partition coefficient (Wildman–Crippen LogP) is 2.13. The Morgan fingerprint density at radius 1 is 1.26 bits per heavy atom. The lowest BCUT2D eigenvalue weighted by Gasteiger charge is -2.14. The van der Waals surface area contributed by atoms with Gasteiger partial charge in [0.25, 0.3) is 0 Å². The molecule has 0 bridgehead atoms. The number of nitrogens with one attached hydrogen (secondary N) is 1. The lowest BCUT2D eigenvalue weighted by atomic mass is 10.1. The lowest BCUT2D eigenvalue weighted by Crippen LogP contribution is -2.26. The molecule has 5 nitrogen and oxygen atoms in total. The number of carbonyl (C=O) groups is 2. The quantitative estimate of drug-likeness (QED) is 0.792. The number of carbonyl (C=O) groups excluding carboxylic acids is 1. The van der Waals surface area contributed by atoms with Crippen LogP contribution in [0.1, 0.15) is 37.8 Å². The molecule has 104 valence electrons. The molecule has 0 fully saturated rings. The van der Waals surface area contributed by atoms with Crippen molar-refractivity contribution >= 4 is 11.9 Å². The van der Waals surface area contributed by atoms with Crippen molar-refractivity contribution in [2.45, 2.75) is 32.2 Å². The van der Waals surface area contributed by atoms with Gasteiger partial charge in [0, 0.05) is 12.8 Å². The van der Waals surface area contributed by atoms with Gasteiger partial charge in [-0.05, 0) is 31.0 Å². The van der Waals surface area contributed by atoms with Gasteiger partial charge in [-0.2, -0.15) is 0 Å². The number of hydrogen-bond acceptors (Lipinski definition) is 3. The summed E-state index contributed by atoms with van der Waals surface area (Å²) in [7, 11) is 1.60. The number of amides is 1. The zero-order chi connectivity index (χ0) is 14.3. The van der Waals surface area contributed by atoms with E-state index in [-0.39, 0.29) is 24.8 Å². The van der Waals surface area contributed by atoms with Crippen molar-refractivity contribution in [2.75, 3.05) is 7.11 Å². The van der Waals surface area contributed by atoms with Gasteiger partial charge >= 0.3 is 5.97 Å². The average Bonchev–Trinajstić information content (AvgIpc) is 2.38. The normalized spacial score (nSPS) is 11.7. The summed E-state index contributed by atoms with van der Waals surface area (Å²) in [6, 6.07) is 7.34. The first-order valence-corrected chi connectivity index (χ1v) is 6.18. The van der Waals surface area contributed by atoms with Crippen LogP contribution < -0.4 is 10.1 Å². The second-order valence-electron chi connectivity index (χ2n) is 4.31. The SMILES string of the molecule is COc1ccc([C@@H](C)NC(=O)CCCC(=O)O)cc1. The van der Waals surface area contributed by atoms with Crippen molar-refractivity contribution in [3.8, 4) is 5.75 Å². The molecule has 1 amide bonds. The summed E-state index contributed by atoms with van der Waals surface area (Å²) in [5.74, 6) is -0.246. The highest BCUT2D eigenvalue weighted by atomic mass is 16.5. The number of ether oxygens (including phenoxy) is 1. The van der Waals surface area contributed by atoms with E-state index in [1.807, 2.05) is 31.2 Å². The minimum absolute atomic E-state index is 0.0182. The molecule has 0 saturated carbocycles. The van der Waals surface area contributed by atoms with E-state index in [1.165, 1.54) is 0 Å². The smallest absolute Gasteiger partial charge is 0.303 e. The average molecular weight is 265 g/mol. The van der Waals surface area contributed by atoms with Crippen LogP contribution in [0.4, 0.5) is 0 Å². The van der Waals surface area contributed by atoms with Crippen molar-refractivity contribution in [2.24, 2.45) is 0 Å². The number of benzene rings is 1. The molecule has 1 aromatic carbocycles. The van der Waals surface area contributed by atoms with Crippen LogP contribution >= 0.6 is 0 Å². The topological polar surface area (TPSA) is 75.6 Å². The fourth-order valence-corrected chi connectivity index (χ4v) is 1.69. The zero-order valence-electron chi connectivity index (χ0n) is 11.2. The minimum Gasteiger partial charge on any atom is -0.497 e. The number of hydrogen-bond donors (Lipinski definition) is 2. The van der Waals surface area contributed by atoms with E-state index >= 15 is 0 Å². The summed E-state index contributed by atoms with van der Waals surface area (Å²) in [6.45, 7) is 1.89. The van der Waals surface area contributed by atoms with Crippen LogP contribution in [0.15, 0.2) is 24.3 Å². The Morgan fingerprint density at radius 3 is 2.42 bits per heavy atom.